The number of para-hydroxylation sites is 1. The maximum Gasteiger partial charge on any atom is 0.346 e. The highest BCUT2D eigenvalue weighted by molar-refractivity contribution is 7.13. The molecule has 25 heavy (non-hydrogen) atoms. The Bertz CT molecular complexity index is 928. The maximum atomic E-state index is 12.3. The minimum absolute atomic E-state index is 0.213. The number of ether oxygens (including phenoxy) is 1. The lowest BCUT2D eigenvalue weighted by atomic mass is 10.2. The number of amides is 1. The molecule has 0 unspecified atom stereocenters. The van der Waals surface area contributed by atoms with Crippen molar-refractivity contribution in [1.29, 1.82) is 0 Å². The van der Waals surface area contributed by atoms with E-state index >= 15 is 0 Å². The molecule has 0 radical (unpaired) electrons. The quantitative estimate of drug-likeness (QED) is 0.728. The zero-order chi connectivity index (χ0) is 17.8. The van der Waals surface area contributed by atoms with Gasteiger partial charge in [0, 0.05) is 13.6 Å². The average molecular weight is 358 g/mol. The lowest BCUT2D eigenvalue weighted by Crippen LogP contribution is -2.31. The summed E-state index contributed by atoms with van der Waals surface area (Å²) in [6.07, 6.45) is 0. The number of rotatable bonds is 6. The van der Waals surface area contributed by atoms with Crippen LogP contribution in [-0.4, -0.2) is 33.9 Å². The monoisotopic (exact) mass is 358 g/mol. The summed E-state index contributed by atoms with van der Waals surface area (Å²) in [4.78, 5) is 25.4. The Morgan fingerprint density at radius 3 is 2.80 bits per heavy atom. The summed E-state index contributed by atoms with van der Waals surface area (Å²) in [5.41, 5.74) is 0.243. The summed E-state index contributed by atoms with van der Waals surface area (Å²) < 4.78 is 8.05. The van der Waals surface area contributed by atoms with Crippen molar-refractivity contribution in [1.82, 2.24) is 19.7 Å². The van der Waals surface area contributed by atoms with E-state index in [1.807, 2.05) is 17.5 Å². The molecule has 2 aromatic heterocycles. The Morgan fingerprint density at radius 2 is 2.08 bits per heavy atom. The van der Waals surface area contributed by atoms with E-state index in [0.717, 1.165) is 4.88 Å². The molecule has 3 aromatic rings. The second-order valence-electron chi connectivity index (χ2n) is 5.32. The first kappa shape index (κ1) is 17.0. The van der Waals surface area contributed by atoms with Crippen LogP contribution in [0.1, 0.15) is 10.4 Å². The maximum absolute atomic E-state index is 12.3. The summed E-state index contributed by atoms with van der Waals surface area (Å²) in [5.74, 6) is 0.881. The summed E-state index contributed by atoms with van der Waals surface area (Å²) in [6.45, 7) is 0.580. The van der Waals surface area contributed by atoms with Crippen molar-refractivity contribution in [3.63, 3.8) is 0 Å². The second-order valence-corrected chi connectivity index (χ2v) is 6.27. The van der Waals surface area contributed by atoms with Gasteiger partial charge in [-0.2, -0.15) is 0 Å². The molecular formula is C17H18N4O3S. The molecule has 1 aromatic carbocycles. The number of carbonyl (C=O) groups is 1. The number of benzene rings is 1. The van der Waals surface area contributed by atoms with Crippen molar-refractivity contribution in [2.24, 2.45) is 7.05 Å². The van der Waals surface area contributed by atoms with Gasteiger partial charge >= 0.3 is 5.69 Å². The molecule has 1 amide bonds. The number of hydrogen-bond acceptors (Lipinski definition) is 5. The number of methoxy groups -OCH3 is 1. The van der Waals surface area contributed by atoms with Crippen LogP contribution >= 0.6 is 11.3 Å². The Hall–Kier alpha value is -2.87. The number of thiophene rings is 1. The van der Waals surface area contributed by atoms with Crippen molar-refractivity contribution >= 4 is 17.2 Å². The zero-order valence-electron chi connectivity index (χ0n) is 13.9. The molecule has 0 aliphatic rings. The number of hydrogen-bond donors (Lipinski definition) is 1. The van der Waals surface area contributed by atoms with Crippen LogP contribution in [0.2, 0.25) is 0 Å². The lowest BCUT2D eigenvalue weighted by Gasteiger charge is -2.08. The third-order valence-electron chi connectivity index (χ3n) is 3.74. The van der Waals surface area contributed by atoms with Crippen molar-refractivity contribution in [2.75, 3.05) is 13.7 Å². The average Bonchev–Trinajstić information content (AvgIpc) is 3.25. The van der Waals surface area contributed by atoms with E-state index in [0.29, 0.717) is 23.7 Å². The molecule has 0 spiro atoms. The Labute approximate surface area is 148 Å². The molecule has 0 saturated heterocycles. The first-order chi connectivity index (χ1) is 12.1. The fourth-order valence-corrected chi connectivity index (χ4v) is 3.20. The van der Waals surface area contributed by atoms with Gasteiger partial charge in [0.25, 0.3) is 5.91 Å². The third-order valence-corrected chi connectivity index (χ3v) is 4.61. The van der Waals surface area contributed by atoms with Crippen LogP contribution in [0.3, 0.4) is 0 Å². The standard InChI is InChI=1S/C17H18N4O3S/c1-20-15(14-8-5-11-25-14)19-21(17(20)23)10-9-18-16(22)12-6-3-4-7-13(12)24-2/h3-8,11H,9-10H2,1-2H3,(H,18,22). The van der Waals surface area contributed by atoms with Crippen molar-refractivity contribution < 1.29 is 9.53 Å². The van der Waals surface area contributed by atoms with E-state index in [2.05, 4.69) is 10.4 Å². The molecule has 130 valence electrons. The number of carbonyl (C=O) groups excluding carboxylic acids is 1. The summed E-state index contributed by atoms with van der Waals surface area (Å²) >= 11 is 1.52. The van der Waals surface area contributed by atoms with E-state index in [-0.39, 0.29) is 18.1 Å². The molecular weight excluding hydrogens is 340 g/mol. The van der Waals surface area contributed by atoms with Gasteiger partial charge in [-0.05, 0) is 23.6 Å². The van der Waals surface area contributed by atoms with Crippen molar-refractivity contribution in [3.05, 3.63) is 57.8 Å². The molecule has 2 heterocycles. The highest BCUT2D eigenvalue weighted by Crippen LogP contribution is 2.20. The number of nitrogens with zero attached hydrogens (tertiary/aromatic N) is 3. The van der Waals surface area contributed by atoms with Crippen LogP contribution < -0.4 is 15.7 Å². The molecule has 0 atom stereocenters. The highest BCUT2D eigenvalue weighted by Gasteiger charge is 2.14. The molecule has 0 fully saturated rings. The van der Waals surface area contributed by atoms with Gasteiger partial charge in [-0.25, -0.2) is 9.48 Å². The van der Waals surface area contributed by atoms with Crippen LogP contribution in [0.5, 0.6) is 5.75 Å². The van der Waals surface area contributed by atoms with Gasteiger partial charge in [-0.3, -0.25) is 9.36 Å². The molecule has 7 nitrogen and oxygen atoms in total. The molecule has 0 aliphatic carbocycles. The van der Waals surface area contributed by atoms with Crippen molar-refractivity contribution in [2.45, 2.75) is 6.54 Å². The van der Waals surface area contributed by atoms with Gasteiger partial charge in [-0.15, -0.1) is 16.4 Å². The predicted molar refractivity (Wildman–Crippen MR) is 96.1 cm³/mol. The third kappa shape index (κ3) is 3.48. The van der Waals surface area contributed by atoms with E-state index in [1.165, 1.54) is 27.7 Å². The first-order valence-corrected chi connectivity index (χ1v) is 8.58. The van der Waals surface area contributed by atoms with Crippen LogP contribution in [-0.2, 0) is 13.6 Å². The Kier molecular flexibility index (Phi) is 4.99. The van der Waals surface area contributed by atoms with Crippen LogP contribution in [0, 0.1) is 0 Å². The largest absolute Gasteiger partial charge is 0.496 e. The summed E-state index contributed by atoms with van der Waals surface area (Å²) in [7, 11) is 3.21. The molecule has 8 heteroatoms. The van der Waals surface area contributed by atoms with Gasteiger partial charge in [-0.1, -0.05) is 18.2 Å². The Morgan fingerprint density at radius 1 is 1.28 bits per heavy atom. The van der Waals surface area contributed by atoms with Crippen LogP contribution in [0.15, 0.2) is 46.6 Å². The molecule has 3 rings (SSSR count). The highest BCUT2D eigenvalue weighted by atomic mass is 32.1. The van der Waals surface area contributed by atoms with Gasteiger partial charge in [0.05, 0.1) is 24.1 Å². The lowest BCUT2D eigenvalue weighted by molar-refractivity contribution is 0.0948. The van der Waals surface area contributed by atoms with Gasteiger partial charge in [0.1, 0.15) is 5.75 Å². The first-order valence-electron chi connectivity index (χ1n) is 7.70. The van der Waals surface area contributed by atoms with Crippen LogP contribution in [0.25, 0.3) is 10.7 Å². The fraction of sp³-hybridized carbons (Fsp3) is 0.235. The topological polar surface area (TPSA) is 78.2 Å². The summed E-state index contributed by atoms with van der Waals surface area (Å²) in [6, 6.07) is 10.8. The number of aromatic nitrogens is 3. The van der Waals surface area contributed by atoms with Crippen molar-refractivity contribution in [3.8, 4) is 16.5 Å². The van der Waals surface area contributed by atoms with E-state index in [4.69, 9.17) is 4.74 Å². The van der Waals surface area contributed by atoms with Gasteiger partial charge in [0.15, 0.2) is 5.82 Å². The Balaban J connectivity index is 1.68. The smallest absolute Gasteiger partial charge is 0.346 e. The zero-order valence-corrected chi connectivity index (χ0v) is 14.7. The predicted octanol–water partition coefficient (Wildman–Crippen LogP) is 1.75. The minimum Gasteiger partial charge on any atom is -0.496 e. The molecule has 1 N–H and O–H groups in total. The van der Waals surface area contributed by atoms with E-state index in [1.54, 1.807) is 31.3 Å². The fourth-order valence-electron chi connectivity index (χ4n) is 2.46. The SMILES string of the molecule is COc1ccccc1C(=O)NCCn1nc(-c2cccs2)n(C)c1=O. The van der Waals surface area contributed by atoms with E-state index in [9.17, 15) is 9.59 Å². The normalized spacial score (nSPS) is 10.6. The second kappa shape index (κ2) is 7.35. The minimum atomic E-state index is -0.250. The number of nitrogens with one attached hydrogen (secondary N) is 1. The van der Waals surface area contributed by atoms with Gasteiger partial charge in [0.2, 0.25) is 0 Å². The molecule has 0 bridgehead atoms. The molecule has 0 saturated carbocycles. The van der Waals surface area contributed by atoms with E-state index < -0.39 is 0 Å². The van der Waals surface area contributed by atoms with Gasteiger partial charge < -0.3 is 10.1 Å². The summed E-state index contributed by atoms with van der Waals surface area (Å²) in [5, 5.41) is 9.08. The molecule has 0 aliphatic heterocycles. The van der Waals surface area contributed by atoms with Crippen LogP contribution in [0.4, 0.5) is 0 Å².